The maximum atomic E-state index is 13.8. The molecule has 8 heteroatoms. The number of unbranched alkanes of at least 4 members (excludes halogenated alkanes) is 3. The molecule has 4 heterocycles. The molecule has 1 N–H and O–H groups in total. The maximum Gasteiger partial charge on any atom is 0.312 e. The van der Waals surface area contributed by atoms with E-state index in [9.17, 15) is 14.4 Å². The van der Waals surface area contributed by atoms with E-state index in [4.69, 9.17) is 14.6 Å². The van der Waals surface area contributed by atoms with Crippen LogP contribution in [0.4, 0.5) is 0 Å². The Morgan fingerprint density at radius 1 is 1.09 bits per heavy atom. The van der Waals surface area contributed by atoms with Crippen molar-refractivity contribution in [1.29, 1.82) is 0 Å². The lowest BCUT2D eigenvalue weighted by Gasteiger charge is -2.35. The highest BCUT2D eigenvalue weighted by molar-refractivity contribution is 5.99. The van der Waals surface area contributed by atoms with Crippen molar-refractivity contribution < 1.29 is 29.0 Å². The number of allylic oxidation sites excluding steroid dienone is 1. The molecule has 4 aliphatic heterocycles. The number of carbonyl (C=O) groups is 3. The van der Waals surface area contributed by atoms with E-state index < -0.39 is 35.6 Å². The fourth-order valence-electron chi connectivity index (χ4n) is 5.66. The number of aliphatic hydroxyl groups excluding tert-OH is 1. The zero-order chi connectivity index (χ0) is 23.4. The first kappa shape index (κ1) is 24.0. The van der Waals surface area contributed by atoms with Crippen LogP contribution in [-0.4, -0.2) is 83.3 Å². The number of rotatable bonds is 8. The van der Waals surface area contributed by atoms with Crippen LogP contribution >= 0.6 is 0 Å². The molecule has 0 saturated carbocycles. The minimum Gasteiger partial charge on any atom is -0.465 e. The molecular formula is C25H36N2O6. The van der Waals surface area contributed by atoms with Crippen LogP contribution in [0.5, 0.6) is 0 Å². The molecule has 2 amide bonds. The molecule has 8 nitrogen and oxygen atoms in total. The Balaban J connectivity index is 1.72. The Morgan fingerprint density at radius 3 is 2.73 bits per heavy atom. The van der Waals surface area contributed by atoms with Crippen molar-refractivity contribution in [3.05, 3.63) is 24.3 Å². The molecule has 0 radical (unpaired) electrons. The van der Waals surface area contributed by atoms with E-state index >= 15 is 0 Å². The lowest BCUT2D eigenvalue weighted by atomic mass is 9.78. The van der Waals surface area contributed by atoms with Crippen molar-refractivity contribution in [3.63, 3.8) is 0 Å². The minimum absolute atomic E-state index is 0.0987. The van der Waals surface area contributed by atoms with Crippen LogP contribution in [0.15, 0.2) is 24.3 Å². The van der Waals surface area contributed by atoms with Gasteiger partial charge in [-0.3, -0.25) is 14.4 Å². The van der Waals surface area contributed by atoms with Gasteiger partial charge in [0.15, 0.2) is 0 Å². The van der Waals surface area contributed by atoms with Gasteiger partial charge in [-0.1, -0.05) is 37.6 Å². The number of hydrogen-bond donors (Lipinski definition) is 1. The number of hydrogen-bond acceptors (Lipinski definition) is 6. The summed E-state index contributed by atoms with van der Waals surface area (Å²) in [6.45, 7) is 3.98. The van der Waals surface area contributed by atoms with Crippen molar-refractivity contribution in [2.24, 2.45) is 11.8 Å². The zero-order valence-corrected chi connectivity index (χ0v) is 19.5. The van der Waals surface area contributed by atoms with Crippen LogP contribution in [0.2, 0.25) is 0 Å². The van der Waals surface area contributed by atoms with Crippen molar-refractivity contribution in [2.75, 3.05) is 32.8 Å². The molecule has 182 valence electrons. The van der Waals surface area contributed by atoms with Gasteiger partial charge in [0.05, 0.1) is 18.6 Å². The number of esters is 1. The fraction of sp³-hybridized carbons (Fsp3) is 0.720. The lowest BCUT2D eigenvalue weighted by molar-refractivity contribution is -0.154. The van der Waals surface area contributed by atoms with Gasteiger partial charge in [0.1, 0.15) is 17.6 Å². The van der Waals surface area contributed by atoms with Crippen LogP contribution in [0.1, 0.15) is 51.9 Å². The first-order valence-corrected chi connectivity index (χ1v) is 12.4. The number of likely N-dealkylation sites (tertiary alicyclic amines) is 1. The molecule has 0 aromatic heterocycles. The summed E-state index contributed by atoms with van der Waals surface area (Å²) in [7, 11) is 0. The van der Waals surface area contributed by atoms with Gasteiger partial charge < -0.3 is 24.4 Å². The first-order valence-electron chi connectivity index (χ1n) is 12.4. The first-order chi connectivity index (χ1) is 16.0. The van der Waals surface area contributed by atoms with Crippen LogP contribution in [-0.2, 0) is 23.9 Å². The summed E-state index contributed by atoms with van der Waals surface area (Å²) >= 11 is 0. The predicted octanol–water partition coefficient (Wildman–Crippen LogP) is 1.82. The average molecular weight is 461 g/mol. The number of fused-ring (bicyclic) bond motifs is 2. The van der Waals surface area contributed by atoms with Gasteiger partial charge in [-0.2, -0.15) is 0 Å². The molecule has 0 aromatic carbocycles. The predicted molar refractivity (Wildman–Crippen MR) is 121 cm³/mol. The molecule has 4 aliphatic rings. The number of nitrogens with zero attached hydrogens (tertiary/aromatic N) is 2. The van der Waals surface area contributed by atoms with Gasteiger partial charge in [-0.25, -0.2) is 0 Å². The fourth-order valence-corrected chi connectivity index (χ4v) is 5.66. The van der Waals surface area contributed by atoms with E-state index in [0.29, 0.717) is 39.1 Å². The molecule has 2 fully saturated rings. The monoisotopic (exact) mass is 460 g/mol. The summed E-state index contributed by atoms with van der Waals surface area (Å²) < 4.78 is 12.1. The topological polar surface area (TPSA) is 96.4 Å². The summed E-state index contributed by atoms with van der Waals surface area (Å²) in [5.41, 5.74) is -1.18. The van der Waals surface area contributed by atoms with Crippen LogP contribution in [0.3, 0.4) is 0 Å². The summed E-state index contributed by atoms with van der Waals surface area (Å²) in [6, 6.07) is -0.795. The van der Waals surface area contributed by atoms with Gasteiger partial charge in [-0.15, -0.1) is 0 Å². The van der Waals surface area contributed by atoms with Crippen LogP contribution < -0.4 is 0 Å². The lowest BCUT2D eigenvalue weighted by Crippen LogP contribution is -2.55. The maximum absolute atomic E-state index is 13.8. The summed E-state index contributed by atoms with van der Waals surface area (Å²) in [5, 5.41) is 9.13. The normalized spacial score (nSPS) is 34.7. The second kappa shape index (κ2) is 10.4. The molecule has 5 atom stereocenters. The van der Waals surface area contributed by atoms with Crippen molar-refractivity contribution in [1.82, 2.24) is 9.80 Å². The van der Waals surface area contributed by atoms with Crippen molar-refractivity contribution in [2.45, 2.75) is 69.6 Å². The van der Waals surface area contributed by atoms with Crippen LogP contribution in [0.25, 0.3) is 0 Å². The van der Waals surface area contributed by atoms with E-state index in [-0.39, 0.29) is 18.4 Å². The molecule has 4 rings (SSSR count). The smallest absolute Gasteiger partial charge is 0.312 e. The van der Waals surface area contributed by atoms with E-state index in [2.05, 4.69) is 6.92 Å². The third-order valence-corrected chi connectivity index (χ3v) is 7.27. The van der Waals surface area contributed by atoms with Gasteiger partial charge in [-0.05, 0) is 38.5 Å². The summed E-state index contributed by atoms with van der Waals surface area (Å²) in [5.74, 6) is -2.30. The van der Waals surface area contributed by atoms with E-state index in [1.54, 1.807) is 9.80 Å². The third kappa shape index (κ3) is 4.35. The highest BCUT2D eigenvalue weighted by Gasteiger charge is 2.71. The van der Waals surface area contributed by atoms with Crippen LogP contribution in [0, 0.1) is 11.8 Å². The molecule has 1 unspecified atom stereocenters. The molecule has 33 heavy (non-hydrogen) atoms. The molecule has 0 bridgehead atoms. The molecule has 0 aromatic rings. The van der Waals surface area contributed by atoms with E-state index in [1.165, 1.54) is 0 Å². The third-order valence-electron chi connectivity index (χ3n) is 7.27. The van der Waals surface area contributed by atoms with E-state index in [0.717, 1.165) is 32.1 Å². The second-order valence-electron chi connectivity index (χ2n) is 9.44. The largest absolute Gasteiger partial charge is 0.465 e. The van der Waals surface area contributed by atoms with Gasteiger partial charge in [0, 0.05) is 26.2 Å². The quantitative estimate of drug-likeness (QED) is 0.337. The zero-order valence-electron chi connectivity index (χ0n) is 19.5. The summed E-state index contributed by atoms with van der Waals surface area (Å²) in [4.78, 5) is 44.2. The number of aliphatic hydroxyl groups is 1. The Labute approximate surface area is 195 Å². The number of amides is 2. The molecule has 0 aliphatic carbocycles. The van der Waals surface area contributed by atoms with Gasteiger partial charge in [0.25, 0.3) is 0 Å². The Bertz CT molecular complexity index is 811. The highest BCUT2D eigenvalue weighted by atomic mass is 16.6. The SMILES string of the molecule is CCCCN1CC=C[C@]23O[C@H]4/C=C\CCCOC(=O)[C@H]4[C@H]2C(=O)N(CCCCCO)C3C1=O. The molecule has 2 saturated heterocycles. The van der Waals surface area contributed by atoms with E-state index in [1.807, 2.05) is 24.3 Å². The summed E-state index contributed by atoms with van der Waals surface area (Å²) in [6.07, 6.45) is 12.5. The Hall–Kier alpha value is -2.19. The minimum atomic E-state index is -1.18. The standard InChI is InChI=1S/C25H36N2O6/c1-2-3-13-26-14-10-12-25-20(19-18(33-25)11-6-4-9-17-32-24(19)31)22(29)27(21(25)23(26)30)15-7-5-8-16-28/h6,10-12,18-21,28H,2-5,7-9,13-17H2,1H3/b11-6-/t18-,19+,20-,21?,25-/m0/s1. The Kier molecular flexibility index (Phi) is 7.54. The number of ether oxygens (including phenoxy) is 2. The number of carbonyl (C=O) groups excluding carboxylic acids is 3. The second-order valence-corrected chi connectivity index (χ2v) is 9.44. The van der Waals surface area contributed by atoms with Gasteiger partial charge >= 0.3 is 5.97 Å². The highest BCUT2D eigenvalue weighted by Crippen LogP contribution is 2.53. The molecule has 1 spiro atoms. The molecular weight excluding hydrogens is 424 g/mol. The Morgan fingerprint density at radius 2 is 1.94 bits per heavy atom. The van der Waals surface area contributed by atoms with Crippen molar-refractivity contribution >= 4 is 17.8 Å². The number of cyclic esters (lactones) is 1. The van der Waals surface area contributed by atoms with Crippen molar-refractivity contribution in [3.8, 4) is 0 Å². The average Bonchev–Trinajstić information content (AvgIpc) is 3.21. The van der Waals surface area contributed by atoms with Gasteiger partial charge in [0.2, 0.25) is 11.8 Å².